The first-order valence-corrected chi connectivity index (χ1v) is 7.45. The van der Waals surface area contributed by atoms with Crippen molar-refractivity contribution in [1.82, 2.24) is 0 Å². The molecule has 3 unspecified atom stereocenters. The number of ether oxygens (including phenoxy) is 2. The van der Waals surface area contributed by atoms with Crippen LogP contribution in [0.5, 0.6) is 0 Å². The van der Waals surface area contributed by atoms with Gasteiger partial charge in [0, 0.05) is 0 Å². The highest BCUT2D eigenvalue weighted by molar-refractivity contribution is 5.82. The van der Waals surface area contributed by atoms with Gasteiger partial charge in [0.2, 0.25) is 0 Å². The quantitative estimate of drug-likeness (QED) is 0.696. The zero-order chi connectivity index (χ0) is 14.3. The SMILES string of the molecule is CCCOC(=O)C1CCCC(C)C1C(=O)OCCC. The number of carbonyl (C=O) groups is 2. The number of esters is 2. The van der Waals surface area contributed by atoms with E-state index in [4.69, 9.17) is 9.47 Å². The van der Waals surface area contributed by atoms with Crippen LogP contribution in [0.1, 0.15) is 52.9 Å². The molecule has 1 fully saturated rings. The lowest BCUT2D eigenvalue weighted by molar-refractivity contribution is -0.165. The van der Waals surface area contributed by atoms with Crippen LogP contribution in [0.2, 0.25) is 0 Å². The van der Waals surface area contributed by atoms with E-state index in [9.17, 15) is 9.59 Å². The molecule has 0 amide bonds. The van der Waals surface area contributed by atoms with Crippen LogP contribution in [0, 0.1) is 17.8 Å². The van der Waals surface area contributed by atoms with Gasteiger partial charge < -0.3 is 9.47 Å². The van der Waals surface area contributed by atoms with Crippen molar-refractivity contribution in [3.63, 3.8) is 0 Å². The summed E-state index contributed by atoms with van der Waals surface area (Å²) < 4.78 is 10.5. The lowest BCUT2D eigenvalue weighted by Crippen LogP contribution is -2.39. The second kappa shape index (κ2) is 8.18. The monoisotopic (exact) mass is 270 g/mol. The van der Waals surface area contributed by atoms with Crippen LogP contribution >= 0.6 is 0 Å². The van der Waals surface area contributed by atoms with Crippen LogP contribution in [0.15, 0.2) is 0 Å². The summed E-state index contributed by atoms with van der Waals surface area (Å²) in [6, 6.07) is 0. The third kappa shape index (κ3) is 4.51. The molecule has 19 heavy (non-hydrogen) atoms. The van der Waals surface area contributed by atoms with Crippen molar-refractivity contribution in [3.8, 4) is 0 Å². The van der Waals surface area contributed by atoms with Gasteiger partial charge >= 0.3 is 11.9 Å². The maximum Gasteiger partial charge on any atom is 0.310 e. The topological polar surface area (TPSA) is 52.6 Å². The van der Waals surface area contributed by atoms with Crippen molar-refractivity contribution in [2.24, 2.45) is 17.8 Å². The number of hydrogen-bond donors (Lipinski definition) is 0. The first kappa shape index (κ1) is 16.0. The normalized spacial score (nSPS) is 26.8. The fourth-order valence-corrected chi connectivity index (χ4v) is 2.69. The Morgan fingerprint density at radius 3 is 2.16 bits per heavy atom. The fourth-order valence-electron chi connectivity index (χ4n) is 2.69. The minimum absolute atomic E-state index is 0.192. The van der Waals surface area contributed by atoms with Crippen LogP contribution in [-0.4, -0.2) is 25.2 Å². The third-order valence-electron chi connectivity index (χ3n) is 3.69. The molecule has 0 aromatic rings. The van der Waals surface area contributed by atoms with E-state index in [-0.39, 0.29) is 29.7 Å². The van der Waals surface area contributed by atoms with Crippen molar-refractivity contribution < 1.29 is 19.1 Å². The summed E-state index contributed by atoms with van der Waals surface area (Å²) in [5.74, 6) is -0.916. The Labute approximate surface area is 115 Å². The number of carbonyl (C=O) groups excluding carboxylic acids is 2. The van der Waals surface area contributed by atoms with Crippen molar-refractivity contribution in [2.45, 2.75) is 52.9 Å². The standard InChI is InChI=1S/C15H26O4/c1-4-9-18-14(16)12-8-6-7-11(3)13(12)15(17)19-10-5-2/h11-13H,4-10H2,1-3H3. The van der Waals surface area contributed by atoms with E-state index >= 15 is 0 Å². The van der Waals surface area contributed by atoms with Gasteiger partial charge in [-0.3, -0.25) is 9.59 Å². The van der Waals surface area contributed by atoms with Gasteiger partial charge in [-0.1, -0.05) is 27.2 Å². The molecule has 4 heteroatoms. The molecule has 0 heterocycles. The van der Waals surface area contributed by atoms with Crippen LogP contribution in [-0.2, 0) is 19.1 Å². The Morgan fingerprint density at radius 1 is 1.00 bits per heavy atom. The van der Waals surface area contributed by atoms with Gasteiger partial charge in [0.15, 0.2) is 0 Å². The third-order valence-corrected chi connectivity index (χ3v) is 3.69. The van der Waals surface area contributed by atoms with Gasteiger partial charge in [0.1, 0.15) is 0 Å². The summed E-state index contributed by atoms with van der Waals surface area (Å²) in [5, 5.41) is 0. The maximum atomic E-state index is 12.1. The highest BCUT2D eigenvalue weighted by atomic mass is 16.5. The Morgan fingerprint density at radius 2 is 1.58 bits per heavy atom. The van der Waals surface area contributed by atoms with E-state index in [1.54, 1.807) is 0 Å². The predicted molar refractivity (Wildman–Crippen MR) is 72.5 cm³/mol. The van der Waals surface area contributed by atoms with E-state index in [2.05, 4.69) is 0 Å². The second-order valence-corrected chi connectivity index (χ2v) is 5.38. The van der Waals surface area contributed by atoms with E-state index in [0.717, 1.165) is 32.1 Å². The maximum absolute atomic E-state index is 12.1. The van der Waals surface area contributed by atoms with Crippen LogP contribution in [0.4, 0.5) is 0 Å². The first-order valence-electron chi connectivity index (χ1n) is 7.45. The summed E-state index contributed by atoms with van der Waals surface area (Å²) in [4.78, 5) is 24.2. The molecule has 1 rings (SSSR count). The summed E-state index contributed by atoms with van der Waals surface area (Å²) in [6.07, 6.45) is 4.30. The van der Waals surface area contributed by atoms with Crippen molar-refractivity contribution in [3.05, 3.63) is 0 Å². The first-order chi connectivity index (χ1) is 9.11. The van der Waals surface area contributed by atoms with E-state index < -0.39 is 0 Å². The molecule has 4 nitrogen and oxygen atoms in total. The summed E-state index contributed by atoms with van der Waals surface area (Å²) in [5.41, 5.74) is 0. The van der Waals surface area contributed by atoms with E-state index in [1.165, 1.54) is 0 Å². The van der Waals surface area contributed by atoms with Crippen molar-refractivity contribution in [1.29, 1.82) is 0 Å². The van der Waals surface area contributed by atoms with Crippen LogP contribution < -0.4 is 0 Å². The van der Waals surface area contributed by atoms with Gasteiger partial charge in [-0.2, -0.15) is 0 Å². The molecule has 1 saturated carbocycles. The van der Waals surface area contributed by atoms with Gasteiger partial charge in [0.05, 0.1) is 25.0 Å². The predicted octanol–water partition coefficient (Wildman–Crippen LogP) is 2.95. The molecule has 110 valence electrons. The average Bonchev–Trinajstić information content (AvgIpc) is 2.41. The molecule has 0 saturated heterocycles. The largest absolute Gasteiger partial charge is 0.465 e. The fraction of sp³-hybridized carbons (Fsp3) is 0.867. The van der Waals surface area contributed by atoms with Gasteiger partial charge in [-0.05, 0) is 31.6 Å². The van der Waals surface area contributed by atoms with Crippen LogP contribution in [0.3, 0.4) is 0 Å². The lowest BCUT2D eigenvalue weighted by Gasteiger charge is -2.33. The Hall–Kier alpha value is -1.06. The molecular weight excluding hydrogens is 244 g/mol. The van der Waals surface area contributed by atoms with Gasteiger partial charge in [-0.15, -0.1) is 0 Å². The van der Waals surface area contributed by atoms with E-state index in [0.29, 0.717) is 13.2 Å². The van der Waals surface area contributed by atoms with Crippen LogP contribution in [0.25, 0.3) is 0 Å². The molecule has 1 aliphatic rings. The second-order valence-electron chi connectivity index (χ2n) is 5.38. The molecule has 0 radical (unpaired) electrons. The summed E-state index contributed by atoms with van der Waals surface area (Å²) in [7, 11) is 0. The zero-order valence-electron chi connectivity index (χ0n) is 12.3. The van der Waals surface area contributed by atoms with Crippen molar-refractivity contribution in [2.75, 3.05) is 13.2 Å². The molecule has 0 N–H and O–H groups in total. The molecular formula is C15H26O4. The molecule has 0 bridgehead atoms. The summed E-state index contributed by atoms with van der Waals surface area (Å²) in [6.45, 7) is 6.81. The average molecular weight is 270 g/mol. The summed E-state index contributed by atoms with van der Waals surface area (Å²) >= 11 is 0. The molecule has 3 atom stereocenters. The van der Waals surface area contributed by atoms with E-state index in [1.807, 2.05) is 20.8 Å². The number of hydrogen-bond acceptors (Lipinski definition) is 4. The highest BCUT2D eigenvalue weighted by Crippen LogP contribution is 2.36. The zero-order valence-corrected chi connectivity index (χ0v) is 12.3. The molecule has 0 aromatic heterocycles. The highest BCUT2D eigenvalue weighted by Gasteiger charge is 2.41. The van der Waals surface area contributed by atoms with Gasteiger partial charge in [-0.25, -0.2) is 0 Å². The molecule has 0 aromatic carbocycles. The Kier molecular flexibility index (Phi) is 6.89. The molecule has 0 aliphatic heterocycles. The van der Waals surface area contributed by atoms with Crippen molar-refractivity contribution >= 4 is 11.9 Å². The lowest BCUT2D eigenvalue weighted by atomic mass is 9.73. The minimum atomic E-state index is -0.329. The van der Waals surface area contributed by atoms with Gasteiger partial charge in [0.25, 0.3) is 0 Å². The smallest absolute Gasteiger partial charge is 0.310 e. The molecule has 1 aliphatic carbocycles. The molecule has 0 spiro atoms. The Bertz CT molecular complexity index is 301. The number of rotatable bonds is 6. The Balaban J connectivity index is 2.68. The minimum Gasteiger partial charge on any atom is -0.465 e.